The summed E-state index contributed by atoms with van der Waals surface area (Å²) in [4.78, 5) is 22.6. The largest absolute Gasteiger partial charge is 0.480 e. The lowest BCUT2D eigenvalue weighted by Gasteiger charge is -2.11. The van der Waals surface area contributed by atoms with Crippen LogP contribution in [0.3, 0.4) is 0 Å². The fourth-order valence-corrected chi connectivity index (χ4v) is 3.18. The van der Waals surface area contributed by atoms with Gasteiger partial charge in [-0.25, -0.2) is 4.98 Å². The zero-order valence-electron chi connectivity index (χ0n) is 9.55. The van der Waals surface area contributed by atoms with Crippen molar-refractivity contribution in [3.63, 3.8) is 0 Å². The highest BCUT2D eigenvalue weighted by Gasteiger charge is 2.32. The van der Waals surface area contributed by atoms with Gasteiger partial charge >= 0.3 is 7.60 Å². The minimum Gasteiger partial charge on any atom is -0.480 e. The average Bonchev–Trinajstić information content (AvgIpc) is 2.90. The molecule has 0 bridgehead atoms. The highest BCUT2D eigenvalue weighted by atomic mass is 32.1. The highest BCUT2D eigenvalue weighted by Crippen LogP contribution is 2.49. The van der Waals surface area contributed by atoms with Crippen molar-refractivity contribution in [2.24, 2.45) is 0 Å². The van der Waals surface area contributed by atoms with Crippen LogP contribution in [0.25, 0.3) is 11.3 Å². The number of benzene rings is 1. The Bertz CT molecular complexity index is 679. The van der Waals surface area contributed by atoms with E-state index in [1.807, 2.05) is 0 Å². The number of rotatable bonds is 3. The number of ether oxygens (including phenoxy) is 1. The number of thiazole rings is 1. The Hall–Kier alpha value is -1.24. The number of fused-ring (bicyclic) bond motifs is 3. The van der Waals surface area contributed by atoms with E-state index in [4.69, 9.17) is 14.5 Å². The molecular weight excluding hydrogens is 289 g/mol. The van der Waals surface area contributed by atoms with E-state index in [9.17, 15) is 9.67 Å². The molecule has 1 aromatic carbocycles. The summed E-state index contributed by atoms with van der Waals surface area (Å²) in [5, 5.41) is 10.1. The summed E-state index contributed by atoms with van der Waals surface area (Å²) in [6.07, 6.45) is -1.45. The van der Waals surface area contributed by atoms with Crippen molar-refractivity contribution in [2.75, 3.05) is 6.35 Å². The smallest absolute Gasteiger partial charge is 0.362 e. The van der Waals surface area contributed by atoms with Gasteiger partial charge in [0.1, 0.15) is 11.9 Å². The molecule has 19 heavy (non-hydrogen) atoms. The Morgan fingerprint density at radius 2 is 2.21 bits per heavy atom. The van der Waals surface area contributed by atoms with E-state index in [0.29, 0.717) is 22.6 Å². The van der Waals surface area contributed by atoms with Crippen LogP contribution in [-0.4, -0.2) is 26.2 Å². The van der Waals surface area contributed by atoms with E-state index < -0.39 is 20.0 Å². The number of hydrogen-bond donors (Lipinski definition) is 3. The van der Waals surface area contributed by atoms with Gasteiger partial charge in [0.15, 0.2) is 6.35 Å². The second-order valence-corrected chi connectivity index (χ2v) is 6.60. The number of hydrogen-bond acceptors (Lipinski definition) is 5. The second kappa shape index (κ2) is 4.40. The molecule has 0 saturated heterocycles. The van der Waals surface area contributed by atoms with Crippen molar-refractivity contribution in [3.8, 4) is 17.0 Å². The van der Waals surface area contributed by atoms with Crippen molar-refractivity contribution in [3.05, 3.63) is 34.2 Å². The number of aliphatic hydroxyl groups excluding tert-OH is 1. The first kappa shape index (κ1) is 12.8. The van der Waals surface area contributed by atoms with Gasteiger partial charge in [0, 0.05) is 5.56 Å². The first-order valence-electron chi connectivity index (χ1n) is 5.39. The lowest BCUT2D eigenvalue weighted by atomic mass is 10.1. The molecule has 8 heteroatoms. The maximum Gasteiger partial charge on any atom is 0.362 e. The van der Waals surface area contributed by atoms with E-state index in [0.717, 1.165) is 4.88 Å². The van der Waals surface area contributed by atoms with Crippen LogP contribution in [0.4, 0.5) is 0 Å². The van der Waals surface area contributed by atoms with E-state index in [-0.39, 0.29) is 0 Å². The maximum absolute atomic E-state index is 10.9. The number of aromatic nitrogens is 1. The van der Waals surface area contributed by atoms with Gasteiger partial charge in [-0.3, -0.25) is 4.57 Å². The van der Waals surface area contributed by atoms with Crippen LogP contribution < -0.4 is 4.74 Å². The summed E-state index contributed by atoms with van der Waals surface area (Å²) in [6.45, 7) is 0. The van der Waals surface area contributed by atoms with Gasteiger partial charge in [-0.15, -0.1) is 11.3 Å². The minimum absolute atomic E-state index is 0.324. The van der Waals surface area contributed by atoms with Crippen molar-refractivity contribution >= 4 is 18.9 Å². The van der Waals surface area contributed by atoms with Crippen molar-refractivity contribution in [2.45, 2.75) is 6.10 Å². The van der Waals surface area contributed by atoms with Gasteiger partial charge < -0.3 is 19.6 Å². The summed E-state index contributed by atoms with van der Waals surface area (Å²) >= 11 is 1.34. The van der Waals surface area contributed by atoms with Gasteiger partial charge in [0.05, 0.1) is 16.1 Å². The van der Waals surface area contributed by atoms with Crippen molar-refractivity contribution in [1.82, 2.24) is 4.98 Å². The normalized spacial score (nSPS) is 17.1. The zero-order chi connectivity index (χ0) is 13.6. The summed E-state index contributed by atoms with van der Waals surface area (Å²) < 4.78 is 16.0. The molecule has 3 rings (SSSR count). The molecule has 1 heterocycles. The van der Waals surface area contributed by atoms with E-state index in [1.54, 1.807) is 23.7 Å². The summed E-state index contributed by atoms with van der Waals surface area (Å²) in [5.74, 6) is 0.324. The first-order chi connectivity index (χ1) is 8.97. The van der Waals surface area contributed by atoms with Crippen LogP contribution in [0.5, 0.6) is 5.75 Å². The summed E-state index contributed by atoms with van der Waals surface area (Å²) in [7, 11) is -4.24. The molecule has 0 amide bonds. The Morgan fingerprint density at radius 3 is 2.95 bits per heavy atom. The first-order valence-corrected chi connectivity index (χ1v) is 8.07. The molecule has 0 aliphatic heterocycles. The topological polar surface area (TPSA) is 99.9 Å². The van der Waals surface area contributed by atoms with E-state index >= 15 is 0 Å². The summed E-state index contributed by atoms with van der Waals surface area (Å²) in [5.41, 5.74) is 3.50. The SMILES string of the molecule is O=P(O)(O)COc1cccc2c1-c1ncsc1C2O. The molecule has 1 aliphatic rings. The monoisotopic (exact) mass is 299 g/mol. The van der Waals surface area contributed by atoms with E-state index in [2.05, 4.69) is 4.98 Å². The van der Waals surface area contributed by atoms with Crippen LogP contribution in [0, 0.1) is 0 Å². The molecule has 1 unspecified atom stereocenters. The molecule has 0 spiro atoms. The van der Waals surface area contributed by atoms with Crippen molar-refractivity contribution in [1.29, 1.82) is 0 Å². The minimum atomic E-state index is -4.24. The van der Waals surface area contributed by atoms with E-state index in [1.165, 1.54) is 11.3 Å². The molecule has 100 valence electrons. The molecule has 3 N–H and O–H groups in total. The second-order valence-electron chi connectivity index (χ2n) is 4.13. The third kappa shape index (κ3) is 2.20. The molecule has 1 atom stereocenters. The average molecular weight is 299 g/mol. The lowest BCUT2D eigenvalue weighted by Crippen LogP contribution is -2.00. The van der Waals surface area contributed by atoms with Crippen LogP contribution >= 0.6 is 18.9 Å². The fourth-order valence-electron chi connectivity index (χ4n) is 2.08. The molecule has 0 radical (unpaired) electrons. The molecule has 2 aromatic rings. The van der Waals surface area contributed by atoms with Gasteiger partial charge in [0.2, 0.25) is 0 Å². The lowest BCUT2D eigenvalue weighted by molar-refractivity contribution is 0.228. The molecule has 1 aromatic heterocycles. The van der Waals surface area contributed by atoms with Gasteiger partial charge in [-0.05, 0) is 11.6 Å². The quantitative estimate of drug-likeness (QED) is 0.746. The Morgan fingerprint density at radius 1 is 1.42 bits per heavy atom. The van der Waals surface area contributed by atoms with Gasteiger partial charge in [-0.2, -0.15) is 0 Å². The Kier molecular flexibility index (Phi) is 2.96. The van der Waals surface area contributed by atoms with Crippen LogP contribution in [0.1, 0.15) is 16.5 Å². The predicted octanol–water partition coefficient (Wildman–Crippen LogP) is 1.72. The molecule has 0 saturated carbocycles. The number of nitrogens with zero attached hydrogens (tertiary/aromatic N) is 1. The third-order valence-electron chi connectivity index (χ3n) is 2.82. The Balaban J connectivity index is 2.04. The maximum atomic E-state index is 10.9. The number of aliphatic hydroxyl groups is 1. The standard InChI is InChI=1S/C11H10NO5PS/c13-10-6-2-1-3-7(17-5-18(14,15)16)8(6)9-11(10)19-4-12-9/h1-4,10,13H,5H2,(H2,14,15,16). The van der Waals surface area contributed by atoms with Gasteiger partial charge in [-0.1, -0.05) is 12.1 Å². The fraction of sp³-hybridized carbons (Fsp3) is 0.182. The van der Waals surface area contributed by atoms with Gasteiger partial charge in [0.25, 0.3) is 0 Å². The molecular formula is C11H10NO5PS. The van der Waals surface area contributed by atoms with Crippen molar-refractivity contribution < 1.29 is 24.2 Å². The summed E-state index contributed by atoms with van der Waals surface area (Å²) in [6, 6.07) is 5.03. The zero-order valence-corrected chi connectivity index (χ0v) is 11.3. The van der Waals surface area contributed by atoms with Crippen LogP contribution in [0.2, 0.25) is 0 Å². The Labute approximate surface area is 112 Å². The molecule has 0 fully saturated rings. The predicted molar refractivity (Wildman–Crippen MR) is 69.2 cm³/mol. The van der Waals surface area contributed by atoms with Crippen LogP contribution in [-0.2, 0) is 4.57 Å². The third-order valence-corrected chi connectivity index (χ3v) is 4.17. The molecule has 6 nitrogen and oxygen atoms in total. The highest BCUT2D eigenvalue weighted by molar-refractivity contribution is 7.51. The van der Waals surface area contributed by atoms with Crippen LogP contribution in [0.15, 0.2) is 23.7 Å². The molecule has 1 aliphatic carbocycles.